The van der Waals surface area contributed by atoms with Crippen LogP contribution in [0.15, 0.2) is 48.5 Å². The summed E-state index contributed by atoms with van der Waals surface area (Å²) in [4.78, 5) is 9.14. The van der Waals surface area contributed by atoms with Gasteiger partial charge >= 0.3 is 6.18 Å². The second kappa shape index (κ2) is 8.06. The number of anilines is 1. The Hall–Kier alpha value is -2.54. The lowest BCUT2D eigenvalue weighted by molar-refractivity contribution is -0.137. The van der Waals surface area contributed by atoms with Gasteiger partial charge in [-0.25, -0.2) is 4.98 Å². The van der Waals surface area contributed by atoms with E-state index in [0.717, 1.165) is 68.5 Å². The van der Waals surface area contributed by atoms with Crippen LogP contribution in [0.5, 0.6) is 0 Å². The summed E-state index contributed by atoms with van der Waals surface area (Å²) < 4.78 is 41.0. The quantitative estimate of drug-likeness (QED) is 0.634. The van der Waals surface area contributed by atoms with Gasteiger partial charge in [-0.05, 0) is 43.3 Å². The molecule has 4 rings (SSSR count). The Morgan fingerprint density at radius 2 is 1.72 bits per heavy atom. The monoisotopic (exact) mass is 402 g/mol. The molecule has 4 nitrogen and oxygen atoms in total. The Morgan fingerprint density at radius 1 is 0.966 bits per heavy atom. The van der Waals surface area contributed by atoms with Crippen molar-refractivity contribution in [3.8, 4) is 0 Å². The lowest BCUT2D eigenvalue weighted by atomic mass is 10.1. The Bertz CT molecular complexity index is 972. The third kappa shape index (κ3) is 4.40. The number of alkyl halides is 3. The molecule has 0 atom stereocenters. The number of aromatic nitrogens is 2. The smallest absolute Gasteiger partial charge is 0.369 e. The van der Waals surface area contributed by atoms with Crippen LogP contribution in [0.25, 0.3) is 11.0 Å². The average Bonchev–Trinajstić information content (AvgIpc) is 3.04. The van der Waals surface area contributed by atoms with E-state index in [1.807, 2.05) is 23.1 Å². The van der Waals surface area contributed by atoms with Gasteiger partial charge in [0, 0.05) is 45.3 Å². The predicted octanol–water partition coefficient (Wildman–Crippen LogP) is 4.35. The van der Waals surface area contributed by atoms with Crippen LogP contribution in [0.3, 0.4) is 0 Å². The zero-order chi connectivity index (χ0) is 20.4. The van der Waals surface area contributed by atoms with Crippen LogP contribution < -0.4 is 4.90 Å². The van der Waals surface area contributed by atoms with Crippen LogP contribution in [0.2, 0.25) is 0 Å². The second-order valence-electron chi connectivity index (χ2n) is 7.56. The fourth-order valence-corrected chi connectivity index (χ4v) is 3.99. The summed E-state index contributed by atoms with van der Waals surface area (Å²) >= 11 is 0. The Balaban J connectivity index is 1.28. The first-order valence-electron chi connectivity index (χ1n) is 9.97. The molecule has 29 heavy (non-hydrogen) atoms. The van der Waals surface area contributed by atoms with Crippen molar-refractivity contribution in [2.45, 2.75) is 19.0 Å². The van der Waals surface area contributed by atoms with Crippen molar-refractivity contribution >= 4 is 16.7 Å². The highest BCUT2D eigenvalue weighted by molar-refractivity contribution is 5.75. The molecule has 0 saturated carbocycles. The average molecular weight is 402 g/mol. The van der Waals surface area contributed by atoms with Gasteiger partial charge in [0.05, 0.1) is 16.6 Å². The van der Waals surface area contributed by atoms with Crippen LogP contribution in [-0.4, -0.2) is 47.2 Å². The van der Waals surface area contributed by atoms with Gasteiger partial charge in [-0.1, -0.05) is 18.2 Å². The highest BCUT2D eigenvalue weighted by atomic mass is 19.4. The van der Waals surface area contributed by atoms with E-state index in [2.05, 4.69) is 22.6 Å². The van der Waals surface area contributed by atoms with Crippen molar-refractivity contribution in [3.63, 3.8) is 0 Å². The van der Waals surface area contributed by atoms with Gasteiger partial charge in [-0.2, -0.15) is 13.2 Å². The molecule has 0 unspecified atom stereocenters. The third-order valence-electron chi connectivity index (χ3n) is 5.67. The molecule has 0 aliphatic carbocycles. The van der Waals surface area contributed by atoms with Gasteiger partial charge in [0.1, 0.15) is 5.82 Å². The molecular formula is C22H25F3N4. The Morgan fingerprint density at radius 3 is 2.45 bits per heavy atom. The summed E-state index contributed by atoms with van der Waals surface area (Å²) in [5, 5.41) is 0. The first kappa shape index (κ1) is 19.8. The molecule has 0 N–H and O–H groups in total. The maximum Gasteiger partial charge on any atom is 0.416 e. The number of nitrogens with zero attached hydrogens (tertiary/aromatic N) is 4. The predicted molar refractivity (Wildman–Crippen MR) is 109 cm³/mol. The summed E-state index contributed by atoms with van der Waals surface area (Å²) in [7, 11) is 2.05. The largest absolute Gasteiger partial charge is 0.416 e. The topological polar surface area (TPSA) is 24.3 Å². The van der Waals surface area contributed by atoms with E-state index in [4.69, 9.17) is 4.98 Å². The first-order valence-corrected chi connectivity index (χ1v) is 9.97. The van der Waals surface area contributed by atoms with E-state index < -0.39 is 11.7 Å². The molecule has 1 aliphatic heterocycles. The maximum absolute atomic E-state index is 12.9. The molecule has 0 bridgehead atoms. The molecule has 2 aromatic carbocycles. The number of para-hydroxylation sites is 2. The van der Waals surface area contributed by atoms with Gasteiger partial charge in [-0.15, -0.1) is 0 Å². The Labute approximate surface area is 168 Å². The van der Waals surface area contributed by atoms with Crippen LogP contribution in [0, 0.1) is 0 Å². The molecule has 154 valence electrons. The van der Waals surface area contributed by atoms with Gasteiger partial charge in [0.15, 0.2) is 0 Å². The normalized spacial score (nSPS) is 15.9. The first-order chi connectivity index (χ1) is 13.9. The van der Waals surface area contributed by atoms with Gasteiger partial charge < -0.3 is 9.47 Å². The number of aryl methyl sites for hydroxylation is 2. The summed E-state index contributed by atoms with van der Waals surface area (Å²) in [6.45, 7) is 4.18. The van der Waals surface area contributed by atoms with E-state index in [0.29, 0.717) is 5.69 Å². The van der Waals surface area contributed by atoms with Crippen molar-refractivity contribution in [1.29, 1.82) is 0 Å². The molecular weight excluding hydrogens is 377 g/mol. The van der Waals surface area contributed by atoms with Crippen LogP contribution >= 0.6 is 0 Å². The number of rotatable bonds is 5. The van der Waals surface area contributed by atoms with Crippen molar-refractivity contribution in [2.75, 3.05) is 37.6 Å². The fraction of sp³-hybridized carbons (Fsp3) is 0.409. The second-order valence-corrected chi connectivity index (χ2v) is 7.56. The third-order valence-corrected chi connectivity index (χ3v) is 5.67. The molecule has 1 aromatic heterocycles. The molecule has 1 aliphatic rings. The lowest BCUT2D eigenvalue weighted by Gasteiger charge is -2.36. The van der Waals surface area contributed by atoms with Gasteiger partial charge in [-0.3, -0.25) is 4.90 Å². The van der Waals surface area contributed by atoms with Crippen molar-refractivity contribution < 1.29 is 13.2 Å². The minimum Gasteiger partial charge on any atom is -0.369 e. The van der Waals surface area contributed by atoms with E-state index in [9.17, 15) is 13.2 Å². The van der Waals surface area contributed by atoms with Gasteiger partial charge in [0.2, 0.25) is 0 Å². The van der Waals surface area contributed by atoms with E-state index in [1.165, 1.54) is 12.1 Å². The van der Waals surface area contributed by atoms with Crippen LogP contribution in [0.1, 0.15) is 17.8 Å². The minimum absolute atomic E-state index is 0.583. The van der Waals surface area contributed by atoms with Crippen molar-refractivity contribution in [3.05, 3.63) is 59.9 Å². The molecule has 1 fully saturated rings. The zero-order valence-corrected chi connectivity index (χ0v) is 16.5. The SMILES string of the molecule is Cn1c(CCCN2CCN(c3cccc(C(F)(F)F)c3)CC2)nc2ccccc21. The van der Waals surface area contributed by atoms with E-state index in [-0.39, 0.29) is 0 Å². The maximum atomic E-state index is 12.9. The van der Waals surface area contributed by atoms with Crippen LogP contribution in [0.4, 0.5) is 18.9 Å². The summed E-state index contributed by atoms with van der Waals surface area (Å²) in [6.07, 6.45) is -2.37. The zero-order valence-electron chi connectivity index (χ0n) is 16.5. The highest BCUT2D eigenvalue weighted by Gasteiger charge is 2.31. The van der Waals surface area contributed by atoms with E-state index >= 15 is 0 Å². The number of hydrogen-bond acceptors (Lipinski definition) is 3. The molecule has 2 heterocycles. The number of fused-ring (bicyclic) bond motifs is 1. The molecule has 3 aromatic rings. The Kier molecular flexibility index (Phi) is 5.50. The fourth-order valence-electron chi connectivity index (χ4n) is 3.99. The molecule has 0 spiro atoms. The minimum atomic E-state index is -4.30. The summed E-state index contributed by atoms with van der Waals surface area (Å²) in [5.74, 6) is 1.09. The summed E-state index contributed by atoms with van der Waals surface area (Å²) in [6, 6.07) is 13.8. The molecule has 0 radical (unpaired) electrons. The van der Waals surface area contributed by atoms with Crippen molar-refractivity contribution in [1.82, 2.24) is 14.5 Å². The number of halogens is 3. The van der Waals surface area contributed by atoms with Gasteiger partial charge in [0.25, 0.3) is 0 Å². The number of imidazole rings is 1. The number of benzene rings is 2. The highest BCUT2D eigenvalue weighted by Crippen LogP contribution is 2.31. The summed E-state index contributed by atoms with van der Waals surface area (Å²) in [5.41, 5.74) is 2.25. The number of hydrogen-bond donors (Lipinski definition) is 0. The molecule has 7 heteroatoms. The van der Waals surface area contributed by atoms with Crippen molar-refractivity contribution in [2.24, 2.45) is 7.05 Å². The number of piperazine rings is 1. The van der Waals surface area contributed by atoms with Crippen LogP contribution in [-0.2, 0) is 19.6 Å². The van der Waals surface area contributed by atoms with E-state index in [1.54, 1.807) is 6.07 Å². The lowest BCUT2D eigenvalue weighted by Crippen LogP contribution is -2.46. The standard InChI is InChI=1S/C22H25F3N4/c1-27-20-9-3-2-8-19(20)26-21(27)10-5-11-28-12-14-29(15-13-28)18-7-4-6-17(16-18)22(23,24)25/h2-4,6-9,16H,5,10-15H2,1H3. The molecule has 1 saturated heterocycles. The molecule has 0 amide bonds.